The van der Waals surface area contributed by atoms with Gasteiger partial charge in [-0.05, 0) is 0 Å². The third-order valence-electron chi connectivity index (χ3n) is 4.87. The second kappa shape index (κ2) is 9.31. The number of carboxylic acid groups (broad SMARTS) is 2. The van der Waals surface area contributed by atoms with Crippen LogP contribution in [0, 0.1) is 0 Å². The van der Waals surface area contributed by atoms with E-state index in [0.717, 1.165) is 24.3 Å². The van der Waals surface area contributed by atoms with Gasteiger partial charge in [0, 0.05) is 36.4 Å². The smallest absolute Gasteiger partial charge is 0.371 e. The minimum absolute atomic E-state index is 0.0453. The molecule has 13 heteroatoms. The van der Waals surface area contributed by atoms with Crippen LogP contribution >= 0.6 is 0 Å². The van der Waals surface area contributed by atoms with Crippen LogP contribution in [0.1, 0.15) is 21.1 Å². The normalized spacial score (nSPS) is 11.2. The third-order valence-corrected chi connectivity index (χ3v) is 4.87. The lowest BCUT2D eigenvalue weighted by molar-refractivity contribution is 0.0625. The zero-order valence-corrected chi connectivity index (χ0v) is 18.0. The number of aliphatic hydroxyl groups is 1. The lowest BCUT2D eigenvalue weighted by Gasteiger charge is -2.14. The molecule has 0 aliphatic carbocycles. The molecule has 0 unspecified atom stereocenters. The number of ether oxygens (including phenoxy) is 2. The van der Waals surface area contributed by atoms with Gasteiger partial charge in [-0.3, -0.25) is 9.59 Å². The Morgan fingerprint density at radius 2 is 1.11 bits per heavy atom. The molecule has 0 saturated heterocycles. The number of aromatic hydroxyl groups is 2. The van der Waals surface area contributed by atoms with Crippen molar-refractivity contribution in [3.05, 3.63) is 68.4 Å². The molecule has 36 heavy (non-hydrogen) atoms. The predicted octanol–water partition coefficient (Wildman–Crippen LogP) is 1.53. The number of rotatable bonds is 8. The Morgan fingerprint density at radius 3 is 1.47 bits per heavy atom. The van der Waals surface area contributed by atoms with E-state index in [1.165, 1.54) is 12.1 Å². The van der Waals surface area contributed by atoms with Crippen molar-refractivity contribution < 1.29 is 53.4 Å². The minimum Gasteiger partial charge on any atom is -0.507 e. The van der Waals surface area contributed by atoms with Gasteiger partial charge in [0.1, 0.15) is 64.3 Å². The molecular weight excluding hydrogens is 484 g/mol. The molecule has 2 aromatic carbocycles. The minimum atomic E-state index is -1.48. The summed E-state index contributed by atoms with van der Waals surface area (Å²) in [6.45, 7) is -0.767. The summed E-state index contributed by atoms with van der Waals surface area (Å²) in [5.41, 5.74) is -2.02. The van der Waals surface area contributed by atoms with E-state index < -0.39 is 51.9 Å². The lowest BCUT2D eigenvalue weighted by atomic mass is 10.2. The highest BCUT2D eigenvalue weighted by molar-refractivity contribution is 5.91. The van der Waals surface area contributed by atoms with Crippen LogP contribution in [-0.2, 0) is 0 Å². The summed E-state index contributed by atoms with van der Waals surface area (Å²) < 4.78 is 20.9. The molecule has 5 N–H and O–H groups in total. The number of carbonyl (C=O) groups is 2. The molecule has 0 radical (unpaired) electrons. The molecule has 0 aliphatic rings. The van der Waals surface area contributed by atoms with E-state index in [4.69, 9.17) is 28.5 Å². The maximum atomic E-state index is 12.0. The van der Waals surface area contributed by atoms with Crippen LogP contribution in [0.15, 0.2) is 54.8 Å². The number of carboxylic acids is 2. The first kappa shape index (κ1) is 24.1. The standard InChI is InChI=1S/C23H16O13/c24-9(7-33-10-1-12(25)20-14(27)5-18(22(29)30)35-16(20)3-10)8-34-11-2-13(26)21-15(28)6-19(23(31)32)36-17(21)4-11/h1-6,9,24-26H,7-8H2,(H,29,30)(H,31,32). The van der Waals surface area contributed by atoms with Gasteiger partial charge in [0.2, 0.25) is 11.5 Å². The fraction of sp³-hybridized carbons (Fsp3) is 0.130. The van der Waals surface area contributed by atoms with E-state index >= 15 is 0 Å². The molecule has 4 rings (SSSR count). The van der Waals surface area contributed by atoms with E-state index in [1.54, 1.807) is 0 Å². The summed E-state index contributed by atoms with van der Waals surface area (Å²) in [6.07, 6.45) is -1.27. The number of hydrogen-bond donors (Lipinski definition) is 5. The highest BCUT2D eigenvalue weighted by atomic mass is 16.5. The van der Waals surface area contributed by atoms with Crippen molar-refractivity contribution in [3.8, 4) is 23.0 Å². The highest BCUT2D eigenvalue weighted by Gasteiger charge is 2.18. The first-order valence-corrected chi connectivity index (χ1v) is 10.1. The van der Waals surface area contributed by atoms with Gasteiger partial charge < -0.3 is 43.8 Å². The Balaban J connectivity index is 1.47. The first-order valence-electron chi connectivity index (χ1n) is 10.1. The van der Waals surface area contributed by atoms with Crippen molar-refractivity contribution in [2.75, 3.05) is 13.2 Å². The summed E-state index contributed by atoms with van der Waals surface area (Å²) in [5.74, 6) is -5.37. The van der Waals surface area contributed by atoms with Gasteiger partial charge in [-0.25, -0.2) is 9.59 Å². The lowest BCUT2D eigenvalue weighted by Crippen LogP contribution is -2.25. The monoisotopic (exact) mass is 500 g/mol. The summed E-state index contributed by atoms with van der Waals surface area (Å²) in [4.78, 5) is 46.3. The molecule has 186 valence electrons. The van der Waals surface area contributed by atoms with Crippen molar-refractivity contribution in [3.63, 3.8) is 0 Å². The average Bonchev–Trinajstić information content (AvgIpc) is 2.80. The van der Waals surface area contributed by atoms with Gasteiger partial charge >= 0.3 is 11.9 Å². The van der Waals surface area contributed by atoms with Crippen LogP contribution in [0.3, 0.4) is 0 Å². The zero-order chi connectivity index (χ0) is 26.1. The maximum Gasteiger partial charge on any atom is 0.371 e. The van der Waals surface area contributed by atoms with Crippen LogP contribution < -0.4 is 20.3 Å². The molecule has 2 heterocycles. The van der Waals surface area contributed by atoms with Crippen LogP contribution in [0.25, 0.3) is 21.9 Å². The van der Waals surface area contributed by atoms with Gasteiger partial charge in [0.05, 0.1) is 0 Å². The molecule has 0 atom stereocenters. The summed E-state index contributed by atoms with van der Waals surface area (Å²) in [5, 5.41) is 47.9. The molecule has 0 aliphatic heterocycles. The molecule has 0 bridgehead atoms. The summed E-state index contributed by atoms with van der Waals surface area (Å²) in [7, 11) is 0. The van der Waals surface area contributed by atoms with Gasteiger partial charge in [0.25, 0.3) is 0 Å². The fourth-order valence-corrected chi connectivity index (χ4v) is 3.30. The average molecular weight is 500 g/mol. The Labute approximate surface area is 198 Å². The Hall–Kier alpha value is -5.04. The van der Waals surface area contributed by atoms with Crippen molar-refractivity contribution in [1.82, 2.24) is 0 Å². The van der Waals surface area contributed by atoms with Gasteiger partial charge in [0.15, 0.2) is 10.9 Å². The molecule has 4 aromatic rings. The van der Waals surface area contributed by atoms with Crippen molar-refractivity contribution in [2.24, 2.45) is 0 Å². The number of aliphatic hydroxyl groups excluding tert-OH is 1. The second-order valence-corrected chi connectivity index (χ2v) is 7.47. The summed E-state index contributed by atoms with van der Waals surface area (Å²) in [6, 6.07) is 5.95. The Kier molecular flexibility index (Phi) is 6.23. The highest BCUT2D eigenvalue weighted by Crippen LogP contribution is 2.30. The van der Waals surface area contributed by atoms with Crippen LogP contribution in [-0.4, -0.2) is 56.8 Å². The molecular formula is C23H16O13. The quantitative estimate of drug-likeness (QED) is 0.232. The summed E-state index contributed by atoms with van der Waals surface area (Å²) >= 11 is 0. The topological polar surface area (TPSA) is 214 Å². The number of aromatic carboxylic acids is 2. The van der Waals surface area contributed by atoms with Crippen LogP contribution in [0.5, 0.6) is 23.0 Å². The molecule has 0 spiro atoms. The number of phenols is 2. The molecule has 13 nitrogen and oxygen atoms in total. The first-order chi connectivity index (χ1) is 17.0. The van der Waals surface area contributed by atoms with E-state index in [1.807, 2.05) is 0 Å². The number of benzene rings is 2. The van der Waals surface area contributed by atoms with Gasteiger partial charge in [-0.15, -0.1) is 0 Å². The SMILES string of the molecule is O=C(O)c1cc(=O)c2c(O)cc(OCC(O)COc3cc(O)c4c(=O)cc(C(=O)O)oc4c3)cc2o1. The number of phenolic OH excluding ortho intramolecular Hbond substituents is 2. The third kappa shape index (κ3) is 4.76. The van der Waals surface area contributed by atoms with E-state index in [-0.39, 0.29) is 46.7 Å². The predicted molar refractivity (Wildman–Crippen MR) is 119 cm³/mol. The molecule has 0 saturated carbocycles. The number of fused-ring (bicyclic) bond motifs is 2. The molecule has 0 amide bonds. The van der Waals surface area contributed by atoms with E-state index in [2.05, 4.69) is 0 Å². The van der Waals surface area contributed by atoms with Crippen LogP contribution in [0.2, 0.25) is 0 Å². The van der Waals surface area contributed by atoms with Crippen molar-refractivity contribution >= 4 is 33.9 Å². The van der Waals surface area contributed by atoms with Gasteiger partial charge in [-0.1, -0.05) is 0 Å². The van der Waals surface area contributed by atoms with Gasteiger partial charge in [-0.2, -0.15) is 0 Å². The Morgan fingerprint density at radius 1 is 0.722 bits per heavy atom. The molecule has 2 aromatic heterocycles. The Bertz CT molecular complexity index is 1510. The van der Waals surface area contributed by atoms with E-state index in [9.17, 15) is 34.5 Å². The largest absolute Gasteiger partial charge is 0.507 e. The zero-order valence-electron chi connectivity index (χ0n) is 18.0. The fourth-order valence-electron chi connectivity index (χ4n) is 3.30. The second-order valence-electron chi connectivity index (χ2n) is 7.47. The molecule has 0 fully saturated rings. The number of hydrogen-bond acceptors (Lipinski definition) is 11. The van der Waals surface area contributed by atoms with Crippen LogP contribution in [0.4, 0.5) is 0 Å². The van der Waals surface area contributed by atoms with Crippen molar-refractivity contribution in [1.29, 1.82) is 0 Å². The van der Waals surface area contributed by atoms with Crippen molar-refractivity contribution in [2.45, 2.75) is 6.10 Å². The van der Waals surface area contributed by atoms with E-state index in [0.29, 0.717) is 0 Å². The maximum absolute atomic E-state index is 12.0.